The van der Waals surface area contributed by atoms with E-state index in [0.29, 0.717) is 17.7 Å². The number of hydrogen-bond donors (Lipinski definition) is 0. The van der Waals surface area contributed by atoms with Crippen LogP contribution in [0.5, 0.6) is 0 Å². The number of hydrogen-bond acceptors (Lipinski definition) is 1. The smallest absolute Gasteiger partial charge is 0.225 e. The van der Waals surface area contributed by atoms with Crippen LogP contribution >= 0.6 is 15.9 Å². The molecule has 0 spiro atoms. The highest BCUT2D eigenvalue weighted by Gasteiger charge is 2.45. The van der Waals surface area contributed by atoms with Crippen LogP contribution in [0.3, 0.4) is 0 Å². The first kappa shape index (κ1) is 11.1. The summed E-state index contributed by atoms with van der Waals surface area (Å²) < 4.78 is 0. The number of likely N-dealkylation sites (tertiary alicyclic amines) is 1. The molecule has 0 aromatic carbocycles. The third-order valence-electron chi connectivity index (χ3n) is 4.87. The minimum absolute atomic E-state index is 0.396. The summed E-state index contributed by atoms with van der Waals surface area (Å²) in [5, 5.41) is 1.05. The summed E-state index contributed by atoms with van der Waals surface area (Å²) in [6, 6.07) is 0. The number of rotatable bonds is 2. The van der Waals surface area contributed by atoms with E-state index in [1.807, 2.05) is 0 Å². The minimum Gasteiger partial charge on any atom is -0.342 e. The summed E-state index contributed by atoms with van der Waals surface area (Å²) >= 11 is 3.53. The molecular formula is C13H20BrNO. The van der Waals surface area contributed by atoms with Gasteiger partial charge in [0.25, 0.3) is 0 Å². The van der Waals surface area contributed by atoms with Crippen LogP contribution in [0.1, 0.15) is 32.1 Å². The lowest BCUT2D eigenvalue weighted by molar-refractivity contribution is -0.136. The van der Waals surface area contributed by atoms with Crippen LogP contribution in [-0.4, -0.2) is 29.2 Å². The molecule has 2 nitrogen and oxygen atoms in total. The van der Waals surface area contributed by atoms with Gasteiger partial charge in [-0.15, -0.1) is 0 Å². The number of carbonyl (C=O) groups excluding carboxylic acids is 1. The molecule has 4 unspecified atom stereocenters. The Hall–Kier alpha value is -0.0500. The van der Waals surface area contributed by atoms with Gasteiger partial charge < -0.3 is 4.90 Å². The predicted molar refractivity (Wildman–Crippen MR) is 67.4 cm³/mol. The second-order valence-electron chi connectivity index (χ2n) is 5.87. The van der Waals surface area contributed by atoms with E-state index in [0.717, 1.165) is 30.3 Å². The maximum absolute atomic E-state index is 12.4. The minimum atomic E-state index is 0.396. The number of fused-ring (bicyclic) bond motifs is 2. The molecule has 1 amide bonds. The average molecular weight is 286 g/mol. The Labute approximate surface area is 106 Å². The first-order valence-electron chi connectivity index (χ1n) is 6.62. The highest BCUT2D eigenvalue weighted by molar-refractivity contribution is 9.09. The van der Waals surface area contributed by atoms with Gasteiger partial charge in [0.15, 0.2) is 0 Å². The molecule has 90 valence electrons. The van der Waals surface area contributed by atoms with Gasteiger partial charge in [0.05, 0.1) is 0 Å². The van der Waals surface area contributed by atoms with Crippen molar-refractivity contribution in [3.05, 3.63) is 0 Å². The average Bonchev–Trinajstić information content (AvgIpc) is 3.03. The highest BCUT2D eigenvalue weighted by atomic mass is 79.9. The molecule has 16 heavy (non-hydrogen) atoms. The molecule has 3 rings (SSSR count). The van der Waals surface area contributed by atoms with Crippen LogP contribution in [0.2, 0.25) is 0 Å². The number of nitrogens with zero attached hydrogens (tertiary/aromatic N) is 1. The van der Waals surface area contributed by atoms with E-state index in [1.165, 1.54) is 32.1 Å². The lowest BCUT2D eigenvalue weighted by atomic mass is 9.88. The maximum Gasteiger partial charge on any atom is 0.225 e. The van der Waals surface area contributed by atoms with Gasteiger partial charge in [0, 0.05) is 24.3 Å². The van der Waals surface area contributed by atoms with Gasteiger partial charge in [-0.3, -0.25) is 4.79 Å². The van der Waals surface area contributed by atoms with Gasteiger partial charge in [-0.1, -0.05) is 22.4 Å². The number of alkyl halides is 1. The Balaban J connectivity index is 1.61. The highest BCUT2D eigenvalue weighted by Crippen LogP contribution is 2.49. The van der Waals surface area contributed by atoms with Crippen LogP contribution in [0, 0.1) is 23.7 Å². The Bertz CT molecular complexity index is 294. The van der Waals surface area contributed by atoms with Crippen molar-refractivity contribution in [1.29, 1.82) is 0 Å². The van der Waals surface area contributed by atoms with E-state index < -0.39 is 0 Å². The van der Waals surface area contributed by atoms with Gasteiger partial charge in [-0.05, 0) is 43.4 Å². The summed E-state index contributed by atoms with van der Waals surface area (Å²) in [6.07, 6.45) is 6.43. The van der Waals surface area contributed by atoms with Crippen molar-refractivity contribution in [1.82, 2.24) is 4.90 Å². The van der Waals surface area contributed by atoms with Gasteiger partial charge in [0.1, 0.15) is 0 Å². The summed E-state index contributed by atoms with van der Waals surface area (Å²) in [4.78, 5) is 14.5. The number of carbonyl (C=O) groups is 1. The molecule has 0 aromatic rings. The molecule has 2 saturated carbocycles. The lowest BCUT2D eigenvalue weighted by Crippen LogP contribution is -2.36. The zero-order chi connectivity index (χ0) is 11.1. The molecule has 0 N–H and O–H groups in total. The van der Waals surface area contributed by atoms with Crippen molar-refractivity contribution in [3.63, 3.8) is 0 Å². The van der Waals surface area contributed by atoms with Crippen molar-refractivity contribution >= 4 is 21.8 Å². The van der Waals surface area contributed by atoms with Gasteiger partial charge >= 0.3 is 0 Å². The molecule has 0 aromatic heterocycles. The fourth-order valence-corrected chi connectivity index (χ4v) is 4.47. The van der Waals surface area contributed by atoms with Gasteiger partial charge in [-0.2, -0.15) is 0 Å². The van der Waals surface area contributed by atoms with Crippen LogP contribution in [0.15, 0.2) is 0 Å². The molecule has 2 aliphatic carbocycles. The van der Waals surface area contributed by atoms with Crippen molar-refractivity contribution in [2.75, 3.05) is 18.4 Å². The summed E-state index contributed by atoms with van der Waals surface area (Å²) in [5.74, 6) is 3.19. The van der Waals surface area contributed by atoms with Gasteiger partial charge in [0.2, 0.25) is 5.91 Å². The zero-order valence-electron chi connectivity index (χ0n) is 9.70. The van der Waals surface area contributed by atoms with Crippen LogP contribution < -0.4 is 0 Å². The van der Waals surface area contributed by atoms with Crippen molar-refractivity contribution in [3.8, 4) is 0 Å². The van der Waals surface area contributed by atoms with E-state index in [1.54, 1.807) is 0 Å². The summed E-state index contributed by atoms with van der Waals surface area (Å²) in [6.45, 7) is 2.00. The van der Waals surface area contributed by atoms with E-state index in [-0.39, 0.29) is 0 Å². The number of halogens is 1. The molecule has 1 heterocycles. The molecule has 3 aliphatic rings. The van der Waals surface area contributed by atoms with E-state index in [9.17, 15) is 4.79 Å². The van der Waals surface area contributed by atoms with Gasteiger partial charge in [-0.25, -0.2) is 0 Å². The van der Waals surface area contributed by atoms with Crippen molar-refractivity contribution in [2.45, 2.75) is 32.1 Å². The monoisotopic (exact) mass is 285 g/mol. The largest absolute Gasteiger partial charge is 0.342 e. The van der Waals surface area contributed by atoms with E-state index in [4.69, 9.17) is 0 Å². The molecule has 1 saturated heterocycles. The van der Waals surface area contributed by atoms with Crippen LogP contribution in [0.4, 0.5) is 0 Å². The third kappa shape index (κ3) is 1.81. The second kappa shape index (κ2) is 4.32. The SMILES string of the molecule is O=C(C1CC2CCC1C2)N1CCC(CBr)C1. The molecule has 3 heteroatoms. The fraction of sp³-hybridized carbons (Fsp3) is 0.923. The van der Waals surface area contributed by atoms with Crippen molar-refractivity contribution in [2.24, 2.45) is 23.7 Å². The zero-order valence-corrected chi connectivity index (χ0v) is 11.3. The first-order chi connectivity index (χ1) is 7.78. The summed E-state index contributed by atoms with van der Waals surface area (Å²) in [7, 11) is 0. The Morgan fingerprint density at radius 3 is 2.69 bits per heavy atom. The second-order valence-corrected chi connectivity index (χ2v) is 6.52. The Kier molecular flexibility index (Phi) is 2.99. The lowest BCUT2D eigenvalue weighted by Gasteiger charge is -2.26. The third-order valence-corrected chi connectivity index (χ3v) is 5.79. The molecular weight excluding hydrogens is 266 g/mol. The standard InChI is InChI=1S/C13H20BrNO/c14-7-10-3-4-15(8-10)13(16)12-6-9-1-2-11(12)5-9/h9-12H,1-8H2. The van der Waals surface area contributed by atoms with E-state index in [2.05, 4.69) is 20.8 Å². The quantitative estimate of drug-likeness (QED) is 0.715. The molecule has 0 radical (unpaired) electrons. The van der Waals surface area contributed by atoms with Crippen LogP contribution in [-0.2, 0) is 4.79 Å². The fourth-order valence-electron chi connectivity index (χ4n) is 3.94. The molecule has 1 aliphatic heterocycles. The Morgan fingerprint density at radius 1 is 1.25 bits per heavy atom. The van der Waals surface area contributed by atoms with E-state index >= 15 is 0 Å². The predicted octanol–water partition coefficient (Wildman–Crippen LogP) is 2.67. The molecule has 2 bridgehead atoms. The summed E-state index contributed by atoms with van der Waals surface area (Å²) in [5.41, 5.74) is 0. The Morgan fingerprint density at radius 2 is 2.12 bits per heavy atom. The number of amides is 1. The topological polar surface area (TPSA) is 20.3 Å². The first-order valence-corrected chi connectivity index (χ1v) is 7.75. The van der Waals surface area contributed by atoms with Crippen LogP contribution in [0.25, 0.3) is 0 Å². The maximum atomic E-state index is 12.4. The van der Waals surface area contributed by atoms with Crippen molar-refractivity contribution < 1.29 is 4.79 Å². The molecule has 3 fully saturated rings. The molecule has 4 atom stereocenters. The normalized spacial score (nSPS) is 41.9.